The van der Waals surface area contributed by atoms with Crippen molar-refractivity contribution < 1.29 is 0 Å². The van der Waals surface area contributed by atoms with E-state index >= 15 is 0 Å². The van der Waals surface area contributed by atoms with Crippen LogP contribution < -0.4 is 5.73 Å². The summed E-state index contributed by atoms with van der Waals surface area (Å²) in [6.07, 6.45) is 3.26. The Balaban J connectivity index is 0.00000100. The fraction of sp³-hybridized carbons (Fsp3) is 0.263. The highest BCUT2D eigenvalue weighted by Crippen LogP contribution is 2.32. The molecule has 24 heavy (non-hydrogen) atoms. The second kappa shape index (κ2) is 7.49. The monoisotopic (exact) mass is 342 g/mol. The smallest absolute Gasteiger partial charge is 0.104 e. The summed E-state index contributed by atoms with van der Waals surface area (Å²) in [6, 6.07) is 6.08. The number of fused-ring (bicyclic) bond motifs is 1. The van der Waals surface area contributed by atoms with Gasteiger partial charge in [0.1, 0.15) is 5.69 Å². The maximum atomic E-state index is 6.40. The van der Waals surface area contributed by atoms with Crippen molar-refractivity contribution in [2.75, 3.05) is 0 Å². The number of halogens is 1. The number of hydrogen-bond acceptors (Lipinski definition) is 3. The van der Waals surface area contributed by atoms with Gasteiger partial charge in [-0.1, -0.05) is 45.9 Å². The summed E-state index contributed by atoms with van der Waals surface area (Å²) < 4.78 is 0. The van der Waals surface area contributed by atoms with E-state index in [2.05, 4.69) is 41.4 Å². The van der Waals surface area contributed by atoms with Crippen molar-refractivity contribution in [3.63, 3.8) is 0 Å². The number of H-pyrrole nitrogens is 1. The number of nitrogens with zero attached hydrogens (tertiary/aromatic N) is 2. The molecule has 0 unspecified atom stereocenters. The van der Waals surface area contributed by atoms with Crippen molar-refractivity contribution in [3.8, 4) is 11.3 Å². The zero-order valence-corrected chi connectivity index (χ0v) is 15.3. The number of aromatic nitrogens is 3. The third-order valence-corrected chi connectivity index (χ3v) is 3.92. The second-order valence-electron chi connectivity index (χ2n) is 5.61. The third kappa shape index (κ3) is 3.60. The zero-order valence-electron chi connectivity index (χ0n) is 14.5. The highest BCUT2D eigenvalue weighted by Gasteiger charge is 2.11. The molecule has 0 amide bonds. The molecule has 3 rings (SSSR count). The Morgan fingerprint density at radius 2 is 1.88 bits per heavy atom. The average molecular weight is 343 g/mol. The highest BCUT2D eigenvalue weighted by atomic mass is 35.5. The molecule has 0 radical (unpaired) electrons. The molecule has 0 bridgehead atoms. The van der Waals surface area contributed by atoms with Crippen molar-refractivity contribution in [1.82, 2.24) is 15.0 Å². The maximum Gasteiger partial charge on any atom is 0.104 e. The Labute approximate surface area is 147 Å². The van der Waals surface area contributed by atoms with Gasteiger partial charge < -0.3 is 10.7 Å². The van der Waals surface area contributed by atoms with Gasteiger partial charge in [0.05, 0.1) is 28.8 Å². The lowest BCUT2D eigenvalue weighted by atomic mass is 10.1. The van der Waals surface area contributed by atoms with E-state index in [9.17, 15) is 0 Å². The van der Waals surface area contributed by atoms with Gasteiger partial charge in [0.2, 0.25) is 0 Å². The van der Waals surface area contributed by atoms with E-state index in [1.807, 2.05) is 26.0 Å². The molecular formula is C19H23ClN4. The minimum Gasteiger partial charge on any atom is -0.397 e. The van der Waals surface area contributed by atoms with Crippen LogP contribution in [0.1, 0.15) is 45.0 Å². The first kappa shape index (κ1) is 18.0. The Hall–Kier alpha value is -2.33. The van der Waals surface area contributed by atoms with Gasteiger partial charge in [0.25, 0.3) is 0 Å². The van der Waals surface area contributed by atoms with Crippen LogP contribution in [0.5, 0.6) is 0 Å². The number of rotatable bonds is 3. The average Bonchev–Trinajstić information content (AvgIpc) is 2.99. The number of aromatic amines is 1. The summed E-state index contributed by atoms with van der Waals surface area (Å²) in [6.45, 7) is 11.9. The Morgan fingerprint density at radius 3 is 2.42 bits per heavy atom. The van der Waals surface area contributed by atoms with E-state index in [0.29, 0.717) is 28.0 Å². The summed E-state index contributed by atoms with van der Waals surface area (Å²) in [5.74, 6) is 0.435. The van der Waals surface area contributed by atoms with E-state index < -0.39 is 0 Å². The summed E-state index contributed by atoms with van der Waals surface area (Å²) >= 11 is 6.40. The molecule has 5 heteroatoms. The molecule has 126 valence electrons. The molecule has 0 spiro atoms. The molecule has 4 nitrogen and oxygen atoms in total. The number of nitrogens with two attached hydrogens (primary N) is 1. The SMILES string of the molecule is C=C(N)c1cnc(-c2cc3[nH]c(C(C)C)cc3cc2Cl)cn1.CC. The molecule has 0 atom stereocenters. The highest BCUT2D eigenvalue weighted by molar-refractivity contribution is 6.34. The molecule has 0 aliphatic heterocycles. The first-order valence-electron chi connectivity index (χ1n) is 8.05. The molecule has 0 fully saturated rings. The molecule has 3 N–H and O–H groups in total. The standard InChI is InChI=1S/C17H17ClN4.C2H6/c1-9(2)14-5-11-4-13(18)12(6-15(11)22-14)17-8-20-16(7-21-17)10(3)19;1-2/h4-9,22H,3,19H2,1-2H3;1-2H3. The molecule has 2 aromatic heterocycles. The summed E-state index contributed by atoms with van der Waals surface area (Å²) in [7, 11) is 0. The van der Waals surface area contributed by atoms with Gasteiger partial charge in [-0.25, -0.2) is 0 Å². The van der Waals surface area contributed by atoms with Crippen LogP contribution in [0.2, 0.25) is 5.02 Å². The fourth-order valence-corrected chi connectivity index (χ4v) is 2.58. The largest absolute Gasteiger partial charge is 0.397 e. The van der Waals surface area contributed by atoms with Crippen molar-refractivity contribution in [3.05, 3.63) is 53.6 Å². The topological polar surface area (TPSA) is 67.6 Å². The van der Waals surface area contributed by atoms with Crippen molar-refractivity contribution >= 4 is 28.2 Å². The second-order valence-corrected chi connectivity index (χ2v) is 6.02. The minimum atomic E-state index is 0.395. The van der Waals surface area contributed by atoms with Gasteiger partial charge in [-0.15, -0.1) is 0 Å². The summed E-state index contributed by atoms with van der Waals surface area (Å²) in [4.78, 5) is 12.1. The Bertz CT molecular complexity index is 848. The lowest BCUT2D eigenvalue weighted by Gasteiger charge is -2.05. The molecule has 1 aromatic carbocycles. The molecular weight excluding hydrogens is 320 g/mol. The van der Waals surface area contributed by atoms with Crippen LogP contribution in [0.15, 0.2) is 37.2 Å². The van der Waals surface area contributed by atoms with E-state index in [1.165, 1.54) is 5.69 Å². The van der Waals surface area contributed by atoms with Gasteiger partial charge in [0, 0.05) is 22.2 Å². The van der Waals surface area contributed by atoms with Crippen molar-refractivity contribution in [1.29, 1.82) is 0 Å². The molecule has 0 saturated carbocycles. The van der Waals surface area contributed by atoms with E-state index in [1.54, 1.807) is 12.4 Å². The van der Waals surface area contributed by atoms with Crippen LogP contribution in [0, 0.1) is 0 Å². The minimum absolute atomic E-state index is 0.395. The number of nitrogens with one attached hydrogen (secondary N) is 1. The lowest BCUT2D eigenvalue weighted by Crippen LogP contribution is -1.98. The molecule has 3 aromatic rings. The van der Waals surface area contributed by atoms with Crippen molar-refractivity contribution in [2.45, 2.75) is 33.6 Å². The maximum absolute atomic E-state index is 6.40. The third-order valence-electron chi connectivity index (χ3n) is 3.61. The van der Waals surface area contributed by atoms with Crippen molar-refractivity contribution in [2.24, 2.45) is 5.73 Å². The predicted octanol–water partition coefficient (Wildman–Crippen LogP) is 5.36. The number of hydrogen-bond donors (Lipinski definition) is 2. The molecule has 2 heterocycles. The molecule has 0 aliphatic rings. The fourth-order valence-electron chi connectivity index (χ4n) is 2.32. The van der Waals surface area contributed by atoms with E-state index in [0.717, 1.165) is 16.5 Å². The lowest BCUT2D eigenvalue weighted by molar-refractivity contribution is 0.836. The first-order valence-corrected chi connectivity index (χ1v) is 8.43. The van der Waals surface area contributed by atoms with Gasteiger partial charge >= 0.3 is 0 Å². The normalized spacial score (nSPS) is 10.6. The van der Waals surface area contributed by atoms with Gasteiger partial charge in [0.15, 0.2) is 0 Å². The first-order chi connectivity index (χ1) is 11.5. The van der Waals surface area contributed by atoms with Crippen LogP contribution in [0.25, 0.3) is 27.9 Å². The molecule has 0 saturated heterocycles. The van der Waals surface area contributed by atoms with Crippen LogP contribution in [-0.4, -0.2) is 15.0 Å². The van der Waals surface area contributed by atoms with Gasteiger partial charge in [-0.2, -0.15) is 0 Å². The van der Waals surface area contributed by atoms with Gasteiger partial charge in [-0.3, -0.25) is 9.97 Å². The Kier molecular flexibility index (Phi) is 5.62. The summed E-state index contributed by atoms with van der Waals surface area (Å²) in [5.41, 5.74) is 10.3. The predicted molar refractivity (Wildman–Crippen MR) is 103 cm³/mol. The zero-order chi connectivity index (χ0) is 17.9. The van der Waals surface area contributed by atoms with Crippen LogP contribution in [0.3, 0.4) is 0 Å². The van der Waals surface area contributed by atoms with E-state index in [4.69, 9.17) is 17.3 Å². The molecule has 0 aliphatic carbocycles. The summed E-state index contributed by atoms with van der Waals surface area (Å²) in [5, 5.41) is 1.74. The van der Waals surface area contributed by atoms with Crippen LogP contribution in [-0.2, 0) is 0 Å². The van der Waals surface area contributed by atoms with Gasteiger partial charge in [-0.05, 0) is 24.1 Å². The van der Waals surface area contributed by atoms with Crippen LogP contribution >= 0.6 is 11.6 Å². The Morgan fingerprint density at radius 1 is 1.17 bits per heavy atom. The van der Waals surface area contributed by atoms with E-state index in [-0.39, 0.29) is 0 Å². The quantitative estimate of drug-likeness (QED) is 0.673. The number of benzene rings is 1. The van der Waals surface area contributed by atoms with Crippen LogP contribution in [0.4, 0.5) is 0 Å².